The summed E-state index contributed by atoms with van der Waals surface area (Å²) >= 11 is 4.81. The Labute approximate surface area is 80.3 Å². The molecule has 1 heterocycles. The minimum absolute atomic E-state index is 0.389. The van der Waals surface area contributed by atoms with Gasteiger partial charge < -0.3 is 20.4 Å². The van der Waals surface area contributed by atoms with E-state index in [0.717, 1.165) is 5.69 Å². The number of aromatic nitrogens is 2. The highest BCUT2D eigenvalue weighted by atomic mass is 32.1. The van der Waals surface area contributed by atoms with Crippen molar-refractivity contribution in [1.29, 1.82) is 0 Å². The van der Waals surface area contributed by atoms with E-state index in [9.17, 15) is 4.79 Å². The molecule has 6 heteroatoms. The van der Waals surface area contributed by atoms with Gasteiger partial charge in [-0.3, -0.25) is 4.79 Å². The third kappa shape index (κ3) is 2.67. The Morgan fingerprint density at radius 2 is 2.54 bits per heavy atom. The standard InChI is InChI=1S/C7H11N3O2S/c1-12-6(11)5(8)2-4-3-9-7(13)10-4/h3,5H,2,8H2,1H3,(H2,9,10,13)/t5-/m0/s1. The van der Waals surface area contributed by atoms with E-state index in [4.69, 9.17) is 18.0 Å². The number of hydrogen-bond donors (Lipinski definition) is 3. The van der Waals surface area contributed by atoms with Crippen molar-refractivity contribution < 1.29 is 9.53 Å². The minimum Gasteiger partial charge on any atom is -0.468 e. The van der Waals surface area contributed by atoms with Gasteiger partial charge in [0.05, 0.1) is 7.11 Å². The lowest BCUT2D eigenvalue weighted by Crippen LogP contribution is -2.33. The summed E-state index contributed by atoms with van der Waals surface area (Å²) in [6.45, 7) is 0. The molecule has 0 bridgehead atoms. The van der Waals surface area contributed by atoms with E-state index in [0.29, 0.717) is 11.2 Å². The van der Waals surface area contributed by atoms with E-state index >= 15 is 0 Å². The summed E-state index contributed by atoms with van der Waals surface area (Å²) in [5, 5.41) is 0. The lowest BCUT2D eigenvalue weighted by molar-refractivity contribution is -0.142. The molecule has 1 aromatic heterocycles. The predicted molar refractivity (Wildman–Crippen MR) is 49.7 cm³/mol. The van der Waals surface area contributed by atoms with E-state index in [1.54, 1.807) is 6.20 Å². The first kappa shape index (κ1) is 9.94. The summed E-state index contributed by atoms with van der Waals surface area (Å²) in [5.41, 5.74) is 6.32. The Morgan fingerprint density at radius 3 is 3.00 bits per heavy atom. The number of ether oxygens (including phenoxy) is 1. The molecular weight excluding hydrogens is 190 g/mol. The molecule has 0 aliphatic rings. The van der Waals surface area contributed by atoms with Crippen LogP contribution in [0.2, 0.25) is 0 Å². The Balaban J connectivity index is 2.59. The van der Waals surface area contributed by atoms with Crippen LogP contribution in [-0.2, 0) is 16.0 Å². The molecule has 0 amide bonds. The second kappa shape index (κ2) is 4.20. The quantitative estimate of drug-likeness (QED) is 0.479. The molecule has 5 nitrogen and oxygen atoms in total. The van der Waals surface area contributed by atoms with Crippen LogP contribution in [0.3, 0.4) is 0 Å². The number of H-pyrrole nitrogens is 2. The van der Waals surface area contributed by atoms with Crippen LogP contribution in [0.25, 0.3) is 0 Å². The molecule has 0 spiro atoms. The summed E-state index contributed by atoms with van der Waals surface area (Å²) in [5.74, 6) is -0.430. The van der Waals surface area contributed by atoms with Gasteiger partial charge in [-0.05, 0) is 12.2 Å². The molecule has 0 unspecified atom stereocenters. The van der Waals surface area contributed by atoms with Crippen molar-refractivity contribution in [3.05, 3.63) is 16.7 Å². The molecule has 0 radical (unpaired) electrons. The van der Waals surface area contributed by atoms with Gasteiger partial charge in [0.25, 0.3) is 0 Å². The first-order valence-corrected chi connectivity index (χ1v) is 4.14. The highest BCUT2D eigenvalue weighted by Crippen LogP contribution is 1.98. The number of methoxy groups -OCH3 is 1. The number of esters is 1. The maximum atomic E-state index is 10.9. The van der Waals surface area contributed by atoms with Crippen molar-refractivity contribution in [3.8, 4) is 0 Å². The fraction of sp³-hybridized carbons (Fsp3) is 0.429. The first-order chi connectivity index (χ1) is 6.13. The third-order valence-corrected chi connectivity index (χ3v) is 1.82. The van der Waals surface area contributed by atoms with Gasteiger partial charge >= 0.3 is 5.97 Å². The average Bonchev–Trinajstić information content (AvgIpc) is 2.49. The van der Waals surface area contributed by atoms with Crippen molar-refractivity contribution in [2.75, 3.05) is 7.11 Å². The van der Waals surface area contributed by atoms with Crippen LogP contribution in [-0.4, -0.2) is 29.1 Å². The van der Waals surface area contributed by atoms with Crippen LogP contribution in [0.4, 0.5) is 0 Å². The molecule has 4 N–H and O–H groups in total. The number of carbonyl (C=O) groups excluding carboxylic acids is 1. The predicted octanol–water partition coefficient (Wildman–Crippen LogP) is 0.115. The van der Waals surface area contributed by atoms with Crippen LogP contribution in [0.5, 0.6) is 0 Å². The maximum Gasteiger partial charge on any atom is 0.323 e. The molecule has 0 aromatic carbocycles. The first-order valence-electron chi connectivity index (χ1n) is 3.73. The minimum atomic E-state index is -0.647. The molecule has 0 saturated carbocycles. The number of nitrogens with two attached hydrogens (primary N) is 1. The van der Waals surface area contributed by atoms with Gasteiger partial charge in [0, 0.05) is 18.3 Å². The van der Waals surface area contributed by atoms with Gasteiger partial charge in [0.2, 0.25) is 0 Å². The lowest BCUT2D eigenvalue weighted by atomic mass is 10.2. The van der Waals surface area contributed by atoms with E-state index in [1.165, 1.54) is 7.11 Å². The Morgan fingerprint density at radius 1 is 1.85 bits per heavy atom. The summed E-state index contributed by atoms with van der Waals surface area (Å²) in [7, 11) is 1.31. The summed E-state index contributed by atoms with van der Waals surface area (Å²) in [6, 6.07) is -0.647. The number of carbonyl (C=O) groups is 1. The zero-order chi connectivity index (χ0) is 9.84. The zero-order valence-electron chi connectivity index (χ0n) is 7.16. The van der Waals surface area contributed by atoms with Crippen LogP contribution < -0.4 is 5.73 Å². The van der Waals surface area contributed by atoms with Gasteiger partial charge in [-0.2, -0.15) is 0 Å². The number of rotatable bonds is 3. The van der Waals surface area contributed by atoms with Crippen LogP contribution in [0.15, 0.2) is 6.20 Å². The van der Waals surface area contributed by atoms with E-state index in [2.05, 4.69) is 14.7 Å². The SMILES string of the molecule is COC(=O)[C@@H](N)Cc1c[nH]c(=S)[nH]1. The molecule has 1 aromatic rings. The molecule has 0 fully saturated rings. The van der Waals surface area contributed by atoms with E-state index < -0.39 is 12.0 Å². The number of aromatic amines is 2. The topological polar surface area (TPSA) is 83.9 Å². The van der Waals surface area contributed by atoms with Gasteiger partial charge in [-0.25, -0.2) is 0 Å². The van der Waals surface area contributed by atoms with Gasteiger partial charge in [-0.1, -0.05) is 0 Å². The van der Waals surface area contributed by atoms with Crippen molar-refractivity contribution in [2.45, 2.75) is 12.5 Å². The second-order valence-corrected chi connectivity index (χ2v) is 3.01. The number of imidazole rings is 1. The lowest BCUT2D eigenvalue weighted by Gasteiger charge is -2.06. The Hall–Kier alpha value is -1.14. The highest BCUT2D eigenvalue weighted by Gasteiger charge is 2.14. The summed E-state index contributed by atoms with van der Waals surface area (Å²) in [6.07, 6.45) is 2.07. The van der Waals surface area contributed by atoms with Gasteiger partial charge in [0.1, 0.15) is 6.04 Å². The molecule has 1 atom stereocenters. The number of nitrogens with one attached hydrogen (secondary N) is 2. The van der Waals surface area contributed by atoms with Crippen LogP contribution in [0.1, 0.15) is 5.69 Å². The monoisotopic (exact) mass is 201 g/mol. The molecule has 0 saturated heterocycles. The van der Waals surface area contributed by atoms with Crippen LogP contribution >= 0.6 is 12.2 Å². The maximum absolute atomic E-state index is 10.9. The van der Waals surface area contributed by atoms with Crippen LogP contribution in [0, 0.1) is 4.77 Å². The summed E-state index contributed by atoms with van der Waals surface area (Å²) < 4.78 is 5.00. The Kier molecular flexibility index (Phi) is 3.21. The average molecular weight is 201 g/mol. The smallest absolute Gasteiger partial charge is 0.323 e. The normalized spacial score (nSPS) is 12.5. The highest BCUT2D eigenvalue weighted by molar-refractivity contribution is 7.71. The largest absolute Gasteiger partial charge is 0.468 e. The van der Waals surface area contributed by atoms with Crippen molar-refractivity contribution in [3.63, 3.8) is 0 Å². The molecule has 0 aliphatic heterocycles. The van der Waals surface area contributed by atoms with Crippen molar-refractivity contribution in [2.24, 2.45) is 5.73 Å². The molecule has 1 rings (SSSR count). The van der Waals surface area contributed by atoms with Crippen molar-refractivity contribution >= 4 is 18.2 Å². The van der Waals surface area contributed by atoms with Gasteiger partial charge in [0.15, 0.2) is 4.77 Å². The number of hydrogen-bond acceptors (Lipinski definition) is 4. The summed E-state index contributed by atoms with van der Waals surface area (Å²) in [4.78, 5) is 16.6. The molecule has 13 heavy (non-hydrogen) atoms. The Bertz CT molecular complexity index is 344. The third-order valence-electron chi connectivity index (χ3n) is 1.60. The fourth-order valence-electron chi connectivity index (χ4n) is 0.952. The van der Waals surface area contributed by atoms with Crippen molar-refractivity contribution in [1.82, 2.24) is 9.97 Å². The van der Waals surface area contributed by atoms with E-state index in [1.807, 2.05) is 0 Å². The molecule has 0 aliphatic carbocycles. The second-order valence-electron chi connectivity index (χ2n) is 2.60. The zero-order valence-corrected chi connectivity index (χ0v) is 7.98. The molecule has 72 valence electrons. The van der Waals surface area contributed by atoms with E-state index in [-0.39, 0.29) is 0 Å². The van der Waals surface area contributed by atoms with Gasteiger partial charge in [-0.15, -0.1) is 0 Å². The molecular formula is C7H11N3O2S. The fourth-order valence-corrected chi connectivity index (χ4v) is 1.14.